The van der Waals surface area contributed by atoms with Crippen molar-refractivity contribution in [2.24, 2.45) is 29.6 Å². The molecule has 1 heteroatoms. The van der Waals surface area contributed by atoms with E-state index in [1.54, 1.807) is 6.42 Å². The lowest BCUT2D eigenvalue weighted by Crippen LogP contribution is -2.52. The maximum atomic E-state index is 4.20. The smallest absolute Gasteiger partial charge is 0.0305 e. The third-order valence-electron chi connectivity index (χ3n) is 5.53. The van der Waals surface area contributed by atoms with E-state index in [2.05, 4.69) is 25.9 Å². The van der Waals surface area contributed by atoms with Gasteiger partial charge in [0.1, 0.15) is 0 Å². The van der Waals surface area contributed by atoms with Gasteiger partial charge in [0, 0.05) is 6.04 Å². The summed E-state index contributed by atoms with van der Waals surface area (Å²) in [5.41, 5.74) is 1.35. The Kier molecular flexibility index (Phi) is 2.62. The molecule has 0 heterocycles. The Balaban J connectivity index is 1.83. The van der Waals surface area contributed by atoms with Gasteiger partial charge in [-0.1, -0.05) is 12.2 Å². The summed E-state index contributed by atoms with van der Waals surface area (Å²) in [7, 11) is 2.12. The quantitative estimate of drug-likeness (QED) is 0.719. The predicted octanol–water partition coefficient (Wildman–Crippen LogP) is 3.22. The molecule has 4 aliphatic rings. The van der Waals surface area contributed by atoms with Crippen LogP contribution < -0.4 is 5.32 Å². The highest BCUT2D eigenvalue weighted by Crippen LogP contribution is 2.57. The molecule has 90 valence electrons. The van der Waals surface area contributed by atoms with Crippen molar-refractivity contribution < 1.29 is 0 Å². The van der Waals surface area contributed by atoms with E-state index in [1.165, 1.54) is 31.3 Å². The molecular formula is C15H25N. The molecular weight excluding hydrogens is 194 g/mol. The Morgan fingerprint density at radius 3 is 1.94 bits per heavy atom. The Hall–Kier alpha value is -0.300. The van der Waals surface area contributed by atoms with Crippen LogP contribution in [-0.4, -0.2) is 13.1 Å². The second kappa shape index (κ2) is 3.87. The zero-order valence-corrected chi connectivity index (χ0v) is 10.7. The molecule has 1 N–H and O–H groups in total. The molecule has 0 saturated heterocycles. The lowest BCUT2D eigenvalue weighted by molar-refractivity contribution is -0.0458. The average molecular weight is 219 g/mol. The van der Waals surface area contributed by atoms with Crippen molar-refractivity contribution in [3.8, 4) is 0 Å². The fraction of sp³-hybridized carbons (Fsp3) is 0.867. The van der Waals surface area contributed by atoms with Crippen LogP contribution in [0.3, 0.4) is 0 Å². The van der Waals surface area contributed by atoms with Gasteiger partial charge in [0.25, 0.3) is 0 Å². The minimum absolute atomic E-state index is 0.579. The van der Waals surface area contributed by atoms with Crippen LogP contribution in [0.5, 0.6) is 0 Å². The van der Waals surface area contributed by atoms with Crippen molar-refractivity contribution in [2.45, 2.75) is 45.1 Å². The third kappa shape index (κ3) is 1.55. The molecule has 0 radical (unpaired) electrons. The molecule has 4 rings (SSSR count). The van der Waals surface area contributed by atoms with Gasteiger partial charge in [-0.3, -0.25) is 0 Å². The van der Waals surface area contributed by atoms with Crippen molar-refractivity contribution in [2.75, 3.05) is 7.05 Å². The Morgan fingerprint density at radius 1 is 1.06 bits per heavy atom. The third-order valence-corrected chi connectivity index (χ3v) is 5.53. The molecule has 0 amide bonds. The first-order valence-electron chi connectivity index (χ1n) is 7.01. The van der Waals surface area contributed by atoms with Crippen LogP contribution in [0.25, 0.3) is 0 Å². The van der Waals surface area contributed by atoms with Gasteiger partial charge < -0.3 is 5.32 Å². The maximum Gasteiger partial charge on any atom is 0.0305 e. The number of nitrogens with one attached hydrogen (secondary N) is 1. The summed E-state index contributed by atoms with van der Waals surface area (Å²) in [6.07, 6.45) is 7.62. The number of likely N-dealkylation sites (N-methyl/N-ethyl adjacent to an activating group) is 1. The second-order valence-corrected chi connectivity index (χ2v) is 6.62. The van der Waals surface area contributed by atoms with Gasteiger partial charge in [-0.2, -0.15) is 0 Å². The van der Waals surface area contributed by atoms with Gasteiger partial charge in [0.2, 0.25) is 0 Å². The highest BCUT2D eigenvalue weighted by atomic mass is 14.9. The summed E-state index contributed by atoms with van der Waals surface area (Å²) in [6, 6.07) is 0.579. The molecule has 1 atom stereocenters. The Morgan fingerprint density at radius 2 is 1.56 bits per heavy atom. The fourth-order valence-electron chi connectivity index (χ4n) is 5.28. The van der Waals surface area contributed by atoms with Crippen molar-refractivity contribution in [1.29, 1.82) is 0 Å². The number of hydrogen-bond donors (Lipinski definition) is 1. The summed E-state index contributed by atoms with van der Waals surface area (Å²) in [4.78, 5) is 0. The molecule has 0 aromatic carbocycles. The molecule has 1 unspecified atom stereocenters. The molecule has 16 heavy (non-hydrogen) atoms. The van der Waals surface area contributed by atoms with Gasteiger partial charge in [-0.25, -0.2) is 0 Å². The van der Waals surface area contributed by atoms with E-state index in [9.17, 15) is 0 Å². The van der Waals surface area contributed by atoms with E-state index in [4.69, 9.17) is 0 Å². The van der Waals surface area contributed by atoms with Crippen LogP contribution in [0, 0.1) is 29.6 Å². The first-order valence-corrected chi connectivity index (χ1v) is 7.01. The highest BCUT2D eigenvalue weighted by molar-refractivity contribution is 5.11. The molecule has 0 aromatic rings. The second-order valence-electron chi connectivity index (χ2n) is 6.62. The Bertz CT molecular complexity index is 266. The topological polar surface area (TPSA) is 12.0 Å². The van der Waals surface area contributed by atoms with Gasteiger partial charge in [0.05, 0.1) is 0 Å². The maximum absolute atomic E-state index is 4.20. The summed E-state index contributed by atoms with van der Waals surface area (Å²) < 4.78 is 0. The predicted molar refractivity (Wildman–Crippen MR) is 68.2 cm³/mol. The molecule has 4 bridgehead atoms. The summed E-state index contributed by atoms with van der Waals surface area (Å²) in [5, 5.41) is 3.53. The normalized spacial score (nSPS) is 47.0. The first kappa shape index (κ1) is 10.8. The summed E-state index contributed by atoms with van der Waals surface area (Å²) in [6.45, 7) is 6.40. The lowest BCUT2D eigenvalue weighted by atomic mass is 9.50. The van der Waals surface area contributed by atoms with E-state index in [0.29, 0.717) is 6.04 Å². The van der Waals surface area contributed by atoms with Gasteiger partial charge in [-0.15, -0.1) is 0 Å². The van der Waals surface area contributed by atoms with Crippen LogP contribution >= 0.6 is 0 Å². The van der Waals surface area contributed by atoms with E-state index in [-0.39, 0.29) is 0 Å². The highest BCUT2D eigenvalue weighted by Gasteiger charge is 2.50. The Labute approximate surface area is 99.7 Å². The van der Waals surface area contributed by atoms with Crippen LogP contribution in [0.2, 0.25) is 0 Å². The molecule has 4 saturated carbocycles. The zero-order chi connectivity index (χ0) is 11.3. The SMILES string of the molecule is C=C(C)C(NC)C1C2CC3CC(C2)CC1C3. The average Bonchev–Trinajstić information content (AvgIpc) is 2.21. The van der Waals surface area contributed by atoms with E-state index >= 15 is 0 Å². The van der Waals surface area contributed by atoms with Gasteiger partial charge >= 0.3 is 0 Å². The summed E-state index contributed by atoms with van der Waals surface area (Å²) in [5.74, 6) is 5.08. The molecule has 0 spiro atoms. The van der Waals surface area contributed by atoms with Crippen molar-refractivity contribution in [3.05, 3.63) is 12.2 Å². The number of hydrogen-bond acceptors (Lipinski definition) is 1. The minimum atomic E-state index is 0.579. The van der Waals surface area contributed by atoms with E-state index < -0.39 is 0 Å². The lowest BCUT2D eigenvalue weighted by Gasteiger charge is -2.56. The largest absolute Gasteiger partial charge is 0.313 e. The van der Waals surface area contributed by atoms with Crippen LogP contribution in [-0.2, 0) is 0 Å². The molecule has 1 nitrogen and oxygen atoms in total. The van der Waals surface area contributed by atoms with Crippen LogP contribution in [0.15, 0.2) is 12.2 Å². The molecule has 4 aliphatic carbocycles. The number of rotatable bonds is 3. The molecule has 0 aromatic heterocycles. The monoisotopic (exact) mass is 219 g/mol. The van der Waals surface area contributed by atoms with E-state index in [0.717, 1.165) is 29.6 Å². The zero-order valence-electron chi connectivity index (χ0n) is 10.7. The van der Waals surface area contributed by atoms with Crippen molar-refractivity contribution in [3.63, 3.8) is 0 Å². The minimum Gasteiger partial charge on any atom is -0.313 e. The van der Waals surface area contributed by atoms with Crippen LogP contribution in [0.1, 0.15) is 39.0 Å². The molecule has 0 aliphatic heterocycles. The van der Waals surface area contributed by atoms with Crippen molar-refractivity contribution in [1.82, 2.24) is 5.32 Å². The standard InChI is InChI=1S/C15H25N/c1-9(2)15(16-3)14-12-5-10-4-11(7-12)8-13(14)6-10/h10-16H,1,4-8H2,2-3H3. The first-order chi connectivity index (χ1) is 7.69. The fourth-order valence-corrected chi connectivity index (χ4v) is 5.28. The van der Waals surface area contributed by atoms with Crippen LogP contribution in [0.4, 0.5) is 0 Å². The van der Waals surface area contributed by atoms with Gasteiger partial charge in [-0.05, 0) is 75.7 Å². The van der Waals surface area contributed by atoms with Crippen molar-refractivity contribution >= 4 is 0 Å². The van der Waals surface area contributed by atoms with Gasteiger partial charge in [0.15, 0.2) is 0 Å². The summed E-state index contributed by atoms with van der Waals surface area (Å²) >= 11 is 0. The molecule has 4 fully saturated rings. The van der Waals surface area contributed by atoms with E-state index in [1.807, 2.05) is 0 Å².